The van der Waals surface area contributed by atoms with Crippen molar-refractivity contribution in [2.45, 2.75) is 44.6 Å². The van der Waals surface area contributed by atoms with Crippen molar-refractivity contribution < 1.29 is 32.3 Å². The number of aromatic carboxylic acids is 1. The maximum Gasteiger partial charge on any atom is 0.356 e. The Kier molecular flexibility index (Phi) is 7.46. The zero-order valence-electron chi connectivity index (χ0n) is 21.9. The molecular formula is C28H28N4O7S. The molecule has 3 N–H and O–H groups in total. The fourth-order valence-corrected chi connectivity index (χ4v) is 5.36. The van der Waals surface area contributed by atoms with Crippen molar-refractivity contribution >= 4 is 27.6 Å². The van der Waals surface area contributed by atoms with E-state index in [-0.39, 0.29) is 51.8 Å². The SMILES string of the molecule is CCc1ccccc1-n1nc(C(=O)O)c(C)c1Oc1ccc(NC(=O)C2CC2)cc1S(=O)(=O)NCc1ccco1. The molecule has 208 valence electrons. The second kappa shape index (κ2) is 11.0. The van der Waals surface area contributed by atoms with Gasteiger partial charge in [0.15, 0.2) is 5.69 Å². The molecule has 1 fully saturated rings. The molecule has 2 heterocycles. The smallest absolute Gasteiger partial charge is 0.356 e. The van der Waals surface area contributed by atoms with Gasteiger partial charge in [-0.2, -0.15) is 9.78 Å². The average molecular weight is 565 g/mol. The lowest BCUT2D eigenvalue weighted by Crippen LogP contribution is -2.24. The summed E-state index contributed by atoms with van der Waals surface area (Å²) in [5.41, 5.74) is 1.77. The number of nitrogens with one attached hydrogen (secondary N) is 2. The van der Waals surface area contributed by atoms with E-state index in [2.05, 4.69) is 15.1 Å². The molecule has 0 saturated heterocycles. The van der Waals surface area contributed by atoms with Crippen LogP contribution < -0.4 is 14.8 Å². The summed E-state index contributed by atoms with van der Waals surface area (Å²) in [5.74, 6) is -1.14. The van der Waals surface area contributed by atoms with E-state index >= 15 is 0 Å². The van der Waals surface area contributed by atoms with Crippen molar-refractivity contribution in [1.29, 1.82) is 0 Å². The van der Waals surface area contributed by atoms with Gasteiger partial charge >= 0.3 is 5.97 Å². The third-order valence-corrected chi connectivity index (χ3v) is 7.97. The predicted octanol–water partition coefficient (Wildman–Crippen LogP) is 4.65. The van der Waals surface area contributed by atoms with Gasteiger partial charge in [-0.05, 0) is 68.1 Å². The number of carbonyl (C=O) groups excluding carboxylic acids is 1. The number of furan rings is 1. The minimum Gasteiger partial charge on any atom is -0.476 e. The molecule has 0 aliphatic heterocycles. The van der Waals surface area contributed by atoms with E-state index in [1.54, 1.807) is 31.2 Å². The van der Waals surface area contributed by atoms with Crippen LogP contribution >= 0.6 is 0 Å². The van der Waals surface area contributed by atoms with Crippen LogP contribution in [0.1, 0.15) is 47.1 Å². The molecule has 1 aliphatic rings. The number of carbonyl (C=O) groups is 2. The maximum atomic E-state index is 13.5. The normalized spacial score (nSPS) is 13.2. The van der Waals surface area contributed by atoms with E-state index in [0.717, 1.165) is 18.4 Å². The number of benzene rings is 2. The summed E-state index contributed by atoms with van der Waals surface area (Å²) in [6.07, 6.45) is 3.65. The van der Waals surface area contributed by atoms with Crippen LogP contribution in [0.3, 0.4) is 0 Å². The van der Waals surface area contributed by atoms with Crippen molar-refractivity contribution in [2.75, 3.05) is 5.32 Å². The number of carboxylic acid groups (broad SMARTS) is 1. The van der Waals surface area contributed by atoms with Crippen LogP contribution in [0.15, 0.2) is 70.2 Å². The molecule has 11 nitrogen and oxygen atoms in total. The standard InChI is InChI=1S/C28H28N4O7S/c1-3-18-7-4-5-9-22(18)32-27(17(2)25(31-32)28(34)35)39-23-13-12-20(30-26(33)19-10-11-19)15-24(23)40(36,37)29-16-21-8-6-14-38-21/h4-9,12-15,19,29H,3,10-11,16H2,1-2H3,(H,30,33)(H,34,35). The predicted molar refractivity (Wildman–Crippen MR) is 145 cm³/mol. The molecule has 1 saturated carbocycles. The Morgan fingerprint density at radius 3 is 2.60 bits per heavy atom. The van der Waals surface area contributed by atoms with Crippen molar-refractivity contribution in [3.63, 3.8) is 0 Å². The first-order chi connectivity index (χ1) is 19.2. The fraction of sp³-hybridized carbons (Fsp3) is 0.250. The number of amides is 1. The number of carboxylic acids is 1. The Hall–Kier alpha value is -4.42. The summed E-state index contributed by atoms with van der Waals surface area (Å²) in [7, 11) is -4.20. The number of rotatable bonds is 11. The molecule has 0 radical (unpaired) electrons. The molecular weight excluding hydrogens is 536 g/mol. The first kappa shape index (κ1) is 27.2. The van der Waals surface area contributed by atoms with E-state index in [1.807, 2.05) is 19.1 Å². The van der Waals surface area contributed by atoms with Crippen LogP contribution in [0.5, 0.6) is 11.6 Å². The molecule has 1 aliphatic carbocycles. The highest BCUT2D eigenvalue weighted by molar-refractivity contribution is 7.89. The van der Waals surface area contributed by atoms with Gasteiger partial charge in [-0.1, -0.05) is 25.1 Å². The number of anilines is 1. The quantitative estimate of drug-likeness (QED) is 0.238. The topological polar surface area (TPSA) is 153 Å². The first-order valence-corrected chi connectivity index (χ1v) is 14.2. The minimum absolute atomic E-state index is 0.0514. The van der Waals surface area contributed by atoms with E-state index < -0.39 is 16.0 Å². The van der Waals surface area contributed by atoms with Crippen molar-refractivity contribution in [2.24, 2.45) is 5.92 Å². The lowest BCUT2D eigenvalue weighted by atomic mass is 10.1. The average Bonchev–Trinajstić information content (AvgIpc) is 3.57. The molecule has 2 aromatic carbocycles. The van der Waals surface area contributed by atoms with Crippen molar-refractivity contribution in [3.8, 4) is 17.3 Å². The van der Waals surface area contributed by atoms with Gasteiger partial charge in [-0.25, -0.2) is 17.9 Å². The third kappa shape index (κ3) is 5.63. The van der Waals surface area contributed by atoms with E-state index in [0.29, 0.717) is 17.9 Å². The summed E-state index contributed by atoms with van der Waals surface area (Å²) in [6.45, 7) is 3.39. The molecule has 5 rings (SSSR count). The molecule has 12 heteroatoms. The van der Waals surface area contributed by atoms with Gasteiger partial charge in [0, 0.05) is 17.2 Å². The number of nitrogens with zero attached hydrogens (tertiary/aromatic N) is 2. The monoisotopic (exact) mass is 564 g/mol. The molecule has 1 amide bonds. The highest BCUT2D eigenvalue weighted by atomic mass is 32.2. The minimum atomic E-state index is -4.20. The highest BCUT2D eigenvalue weighted by Crippen LogP contribution is 2.37. The van der Waals surface area contributed by atoms with Crippen LogP contribution in [0.25, 0.3) is 5.69 Å². The lowest BCUT2D eigenvalue weighted by molar-refractivity contribution is -0.117. The Morgan fingerprint density at radius 2 is 1.93 bits per heavy atom. The lowest BCUT2D eigenvalue weighted by Gasteiger charge is -2.16. The molecule has 0 bridgehead atoms. The summed E-state index contributed by atoms with van der Waals surface area (Å²) in [6, 6.07) is 14.9. The summed E-state index contributed by atoms with van der Waals surface area (Å²) in [4.78, 5) is 24.1. The second-order valence-electron chi connectivity index (χ2n) is 9.41. The number of hydrogen-bond acceptors (Lipinski definition) is 7. The van der Waals surface area contributed by atoms with Crippen molar-refractivity contribution in [3.05, 3.63) is 83.4 Å². The molecule has 0 unspecified atom stereocenters. The fourth-order valence-electron chi connectivity index (χ4n) is 4.21. The van der Waals surface area contributed by atoms with Gasteiger partial charge in [-0.15, -0.1) is 0 Å². The van der Waals surface area contributed by atoms with Crippen LogP contribution in [0, 0.1) is 12.8 Å². The molecule has 2 aromatic heterocycles. The largest absolute Gasteiger partial charge is 0.476 e. The number of para-hydroxylation sites is 1. The van der Waals surface area contributed by atoms with Gasteiger partial charge in [0.05, 0.1) is 18.5 Å². The Bertz CT molecular complexity index is 1670. The number of ether oxygens (including phenoxy) is 1. The van der Waals surface area contributed by atoms with Gasteiger partial charge in [0.2, 0.25) is 21.8 Å². The Labute approximate surface area is 230 Å². The first-order valence-electron chi connectivity index (χ1n) is 12.7. The third-order valence-electron chi connectivity index (χ3n) is 6.54. The van der Waals surface area contributed by atoms with Crippen LogP contribution in [-0.4, -0.2) is 35.2 Å². The number of sulfonamides is 1. The molecule has 0 atom stereocenters. The van der Waals surface area contributed by atoms with Gasteiger partial charge in [0.1, 0.15) is 16.4 Å². The van der Waals surface area contributed by atoms with E-state index in [4.69, 9.17) is 9.15 Å². The zero-order chi connectivity index (χ0) is 28.4. The second-order valence-corrected chi connectivity index (χ2v) is 11.1. The molecule has 4 aromatic rings. The summed E-state index contributed by atoms with van der Waals surface area (Å²) >= 11 is 0. The van der Waals surface area contributed by atoms with Gasteiger partial charge in [0.25, 0.3) is 0 Å². The van der Waals surface area contributed by atoms with Crippen LogP contribution in [0.4, 0.5) is 5.69 Å². The number of aromatic nitrogens is 2. The maximum absolute atomic E-state index is 13.5. The summed E-state index contributed by atoms with van der Waals surface area (Å²) in [5, 5.41) is 16.8. The number of hydrogen-bond donors (Lipinski definition) is 3. The summed E-state index contributed by atoms with van der Waals surface area (Å²) < 4.78 is 42.3. The molecule has 40 heavy (non-hydrogen) atoms. The molecule has 0 spiro atoms. The Balaban J connectivity index is 1.59. The van der Waals surface area contributed by atoms with Gasteiger partial charge < -0.3 is 19.6 Å². The zero-order valence-corrected chi connectivity index (χ0v) is 22.7. The number of aryl methyl sites for hydroxylation is 1. The van der Waals surface area contributed by atoms with Gasteiger partial charge in [-0.3, -0.25) is 4.79 Å². The van der Waals surface area contributed by atoms with E-state index in [9.17, 15) is 23.1 Å². The Morgan fingerprint density at radius 1 is 1.15 bits per heavy atom. The highest BCUT2D eigenvalue weighted by Gasteiger charge is 2.31. The van der Waals surface area contributed by atoms with E-state index in [1.165, 1.54) is 29.1 Å². The van der Waals surface area contributed by atoms with Crippen molar-refractivity contribution in [1.82, 2.24) is 14.5 Å². The van der Waals surface area contributed by atoms with Crippen LogP contribution in [-0.2, 0) is 27.8 Å². The van der Waals surface area contributed by atoms with Crippen LogP contribution in [0.2, 0.25) is 0 Å².